The van der Waals surface area contributed by atoms with E-state index in [1.807, 2.05) is 0 Å². The number of hydrogen-bond donors (Lipinski definition) is 2. The minimum atomic E-state index is -0.192. The van der Waals surface area contributed by atoms with Gasteiger partial charge in [0, 0.05) is 6.54 Å². The maximum absolute atomic E-state index is 11.5. The van der Waals surface area contributed by atoms with Gasteiger partial charge in [-0.05, 0) is 25.2 Å². The highest BCUT2D eigenvalue weighted by atomic mass is 16.2. The molecule has 0 bridgehead atoms. The van der Waals surface area contributed by atoms with E-state index < -0.39 is 0 Å². The second-order valence-electron chi connectivity index (χ2n) is 4.24. The highest BCUT2D eigenvalue weighted by Crippen LogP contribution is 2.43. The molecule has 1 saturated carbocycles. The Hall–Kier alpha value is -1.39. The van der Waals surface area contributed by atoms with Crippen LogP contribution in [0.2, 0.25) is 0 Å². The summed E-state index contributed by atoms with van der Waals surface area (Å²) in [7, 11) is 0. The minimum Gasteiger partial charge on any atom is -0.349 e. The molecule has 0 unspecified atom stereocenters. The Kier molecular flexibility index (Phi) is 2.02. The number of amides is 1. The van der Waals surface area contributed by atoms with E-state index in [2.05, 4.69) is 27.4 Å². The molecule has 1 aliphatic carbocycles. The third-order valence-corrected chi connectivity index (χ3v) is 2.58. The zero-order valence-corrected chi connectivity index (χ0v) is 8.42. The van der Waals surface area contributed by atoms with Crippen molar-refractivity contribution in [1.29, 1.82) is 0 Å². The number of aromatic amines is 1. The summed E-state index contributed by atoms with van der Waals surface area (Å²) in [4.78, 5) is 15.4. The topological polar surface area (TPSA) is 70.7 Å². The van der Waals surface area contributed by atoms with Gasteiger partial charge < -0.3 is 5.32 Å². The predicted molar refractivity (Wildman–Crippen MR) is 50.8 cm³/mol. The van der Waals surface area contributed by atoms with Gasteiger partial charge in [0.05, 0.1) is 0 Å². The smallest absolute Gasteiger partial charge is 0.290 e. The van der Waals surface area contributed by atoms with Crippen LogP contribution < -0.4 is 5.32 Å². The van der Waals surface area contributed by atoms with Crippen molar-refractivity contribution in [2.45, 2.75) is 26.7 Å². The first-order chi connectivity index (χ1) is 6.59. The zero-order chi connectivity index (χ0) is 10.2. The minimum absolute atomic E-state index is 0.192. The molecule has 14 heavy (non-hydrogen) atoms. The molecule has 1 aromatic heterocycles. The molecule has 1 fully saturated rings. The molecule has 1 heterocycles. The number of hydrogen-bond acceptors (Lipinski definition) is 3. The lowest BCUT2D eigenvalue weighted by atomic mass is 10.1. The molecule has 1 aliphatic rings. The summed E-state index contributed by atoms with van der Waals surface area (Å²) >= 11 is 0. The van der Waals surface area contributed by atoms with Crippen LogP contribution in [-0.2, 0) is 0 Å². The summed E-state index contributed by atoms with van der Waals surface area (Å²) in [5, 5.41) is 9.26. The fraction of sp³-hybridized carbons (Fsp3) is 0.667. The summed E-state index contributed by atoms with van der Waals surface area (Å²) in [6.07, 6.45) is 2.39. The van der Waals surface area contributed by atoms with Gasteiger partial charge in [-0.25, -0.2) is 4.98 Å². The van der Waals surface area contributed by atoms with Crippen LogP contribution >= 0.6 is 0 Å². The molecule has 0 spiro atoms. The Morgan fingerprint density at radius 1 is 1.64 bits per heavy atom. The van der Waals surface area contributed by atoms with Crippen molar-refractivity contribution in [2.75, 3.05) is 6.54 Å². The van der Waals surface area contributed by atoms with Gasteiger partial charge in [-0.1, -0.05) is 6.92 Å². The second-order valence-corrected chi connectivity index (χ2v) is 4.24. The summed E-state index contributed by atoms with van der Waals surface area (Å²) in [5.74, 6) is 0.696. The fourth-order valence-electron chi connectivity index (χ4n) is 1.21. The number of rotatable bonds is 3. The van der Waals surface area contributed by atoms with E-state index in [0.717, 1.165) is 6.54 Å². The van der Waals surface area contributed by atoms with Crippen LogP contribution in [0.15, 0.2) is 0 Å². The summed E-state index contributed by atoms with van der Waals surface area (Å²) in [6.45, 7) is 4.65. The van der Waals surface area contributed by atoms with Crippen molar-refractivity contribution in [2.24, 2.45) is 5.41 Å². The molecule has 0 radical (unpaired) electrons. The largest absolute Gasteiger partial charge is 0.349 e. The SMILES string of the molecule is Cc1nc(C(=O)NCC2(C)CC2)n[nH]1. The highest BCUT2D eigenvalue weighted by molar-refractivity contribution is 5.90. The molecule has 76 valence electrons. The Bertz CT molecular complexity index is 353. The van der Waals surface area contributed by atoms with Gasteiger partial charge in [-0.15, -0.1) is 5.10 Å². The maximum atomic E-state index is 11.5. The molecule has 2 N–H and O–H groups in total. The van der Waals surface area contributed by atoms with E-state index in [1.54, 1.807) is 6.92 Å². The van der Waals surface area contributed by atoms with Crippen molar-refractivity contribution in [1.82, 2.24) is 20.5 Å². The molecule has 0 aliphatic heterocycles. The summed E-state index contributed by atoms with van der Waals surface area (Å²) in [5.41, 5.74) is 0.320. The average Bonchev–Trinajstić information content (AvgIpc) is 2.71. The number of nitrogens with one attached hydrogen (secondary N) is 2. The first-order valence-electron chi connectivity index (χ1n) is 4.76. The highest BCUT2D eigenvalue weighted by Gasteiger charge is 2.37. The Balaban J connectivity index is 1.89. The van der Waals surface area contributed by atoms with Crippen molar-refractivity contribution >= 4 is 5.91 Å². The Morgan fingerprint density at radius 3 is 2.86 bits per heavy atom. The molecule has 2 rings (SSSR count). The first kappa shape index (κ1) is 9.18. The predicted octanol–water partition coefficient (Wildman–Crippen LogP) is 0.643. The number of H-pyrrole nitrogens is 1. The molecule has 1 aromatic rings. The zero-order valence-electron chi connectivity index (χ0n) is 8.42. The quantitative estimate of drug-likeness (QED) is 0.742. The molecule has 0 saturated heterocycles. The lowest BCUT2D eigenvalue weighted by Crippen LogP contribution is -2.29. The Labute approximate surface area is 82.3 Å². The van der Waals surface area contributed by atoms with Crippen LogP contribution in [0.4, 0.5) is 0 Å². The van der Waals surface area contributed by atoms with Gasteiger partial charge in [0.1, 0.15) is 5.82 Å². The fourth-order valence-corrected chi connectivity index (χ4v) is 1.21. The standard InChI is InChI=1S/C9H14N4O/c1-6-11-7(13-12-6)8(14)10-5-9(2)3-4-9/h3-5H2,1-2H3,(H,10,14)(H,11,12,13). The molecule has 0 atom stereocenters. The molecule has 0 aromatic carbocycles. The van der Waals surface area contributed by atoms with Gasteiger partial charge in [-0.2, -0.15) is 0 Å². The van der Waals surface area contributed by atoms with E-state index in [0.29, 0.717) is 11.2 Å². The van der Waals surface area contributed by atoms with E-state index in [-0.39, 0.29) is 11.7 Å². The average molecular weight is 194 g/mol. The van der Waals surface area contributed by atoms with E-state index >= 15 is 0 Å². The van der Waals surface area contributed by atoms with Crippen LogP contribution in [0, 0.1) is 12.3 Å². The molecule has 5 heteroatoms. The van der Waals surface area contributed by atoms with Crippen LogP contribution in [0.25, 0.3) is 0 Å². The van der Waals surface area contributed by atoms with Crippen molar-refractivity contribution in [3.8, 4) is 0 Å². The lowest BCUT2D eigenvalue weighted by Gasteiger charge is -2.07. The van der Waals surface area contributed by atoms with Crippen molar-refractivity contribution in [3.05, 3.63) is 11.6 Å². The maximum Gasteiger partial charge on any atom is 0.290 e. The first-order valence-corrected chi connectivity index (χ1v) is 4.76. The number of aryl methyl sites for hydroxylation is 1. The van der Waals surface area contributed by atoms with Crippen LogP contribution in [0.5, 0.6) is 0 Å². The van der Waals surface area contributed by atoms with Gasteiger partial charge in [0.15, 0.2) is 0 Å². The van der Waals surface area contributed by atoms with E-state index in [9.17, 15) is 4.79 Å². The lowest BCUT2D eigenvalue weighted by molar-refractivity contribution is 0.0936. The van der Waals surface area contributed by atoms with Gasteiger partial charge in [0.25, 0.3) is 5.91 Å². The number of nitrogens with zero attached hydrogens (tertiary/aromatic N) is 2. The van der Waals surface area contributed by atoms with E-state index in [1.165, 1.54) is 12.8 Å². The van der Waals surface area contributed by atoms with E-state index in [4.69, 9.17) is 0 Å². The van der Waals surface area contributed by atoms with Crippen LogP contribution in [0.1, 0.15) is 36.2 Å². The summed E-state index contributed by atoms with van der Waals surface area (Å²) in [6, 6.07) is 0. The van der Waals surface area contributed by atoms with Crippen LogP contribution in [-0.4, -0.2) is 27.6 Å². The normalized spacial score (nSPS) is 17.9. The van der Waals surface area contributed by atoms with Gasteiger partial charge >= 0.3 is 0 Å². The third kappa shape index (κ3) is 1.92. The molecular weight excluding hydrogens is 180 g/mol. The number of aromatic nitrogens is 3. The monoisotopic (exact) mass is 194 g/mol. The Morgan fingerprint density at radius 2 is 2.36 bits per heavy atom. The molecule has 5 nitrogen and oxygen atoms in total. The molecule has 1 amide bonds. The summed E-state index contributed by atoms with van der Waals surface area (Å²) < 4.78 is 0. The number of carbonyl (C=O) groups is 1. The van der Waals surface area contributed by atoms with Crippen molar-refractivity contribution < 1.29 is 4.79 Å². The number of carbonyl (C=O) groups excluding carboxylic acids is 1. The van der Waals surface area contributed by atoms with Crippen molar-refractivity contribution in [3.63, 3.8) is 0 Å². The van der Waals surface area contributed by atoms with Crippen LogP contribution in [0.3, 0.4) is 0 Å². The van der Waals surface area contributed by atoms with Gasteiger partial charge in [0.2, 0.25) is 5.82 Å². The third-order valence-electron chi connectivity index (χ3n) is 2.58. The molecular formula is C9H14N4O. The second kappa shape index (κ2) is 3.08. The van der Waals surface area contributed by atoms with Gasteiger partial charge in [-0.3, -0.25) is 9.89 Å².